The lowest BCUT2D eigenvalue weighted by Gasteiger charge is -2.07. The number of anilines is 1. The Morgan fingerprint density at radius 3 is 2.67 bits per heavy atom. The molecule has 5 nitrogen and oxygen atoms in total. The number of carbonyl (C=O) groups is 1. The molecule has 0 bridgehead atoms. The highest BCUT2D eigenvalue weighted by Gasteiger charge is 2.10. The first-order valence-corrected chi connectivity index (χ1v) is 8.16. The number of nitrogen functional groups attached to an aromatic ring is 1. The second-order valence-corrected chi connectivity index (χ2v) is 7.12. The molecular formula is C11H15NO4S2. The fourth-order valence-corrected chi connectivity index (χ4v) is 3.42. The van der Waals surface area contributed by atoms with Crippen molar-refractivity contribution in [1.29, 1.82) is 0 Å². The number of ether oxygens (including phenoxy) is 1. The number of thioether (sulfide) groups is 1. The summed E-state index contributed by atoms with van der Waals surface area (Å²) in [6, 6.07) is 4.78. The number of esters is 1. The van der Waals surface area contributed by atoms with Crippen molar-refractivity contribution >= 4 is 33.3 Å². The van der Waals surface area contributed by atoms with Crippen LogP contribution < -0.4 is 5.73 Å². The van der Waals surface area contributed by atoms with Crippen molar-refractivity contribution in [2.75, 3.05) is 30.6 Å². The van der Waals surface area contributed by atoms with E-state index in [0.717, 1.165) is 0 Å². The molecule has 1 aromatic rings. The average molecular weight is 289 g/mol. The predicted octanol–water partition coefficient (Wildman–Crippen LogP) is 1.19. The molecule has 0 heterocycles. The lowest BCUT2D eigenvalue weighted by molar-refractivity contribution is 0.0600. The molecule has 2 N–H and O–H groups in total. The normalized spacial score (nSPS) is 11.2. The molecule has 0 amide bonds. The first kappa shape index (κ1) is 14.8. The fraction of sp³-hybridized carbons (Fsp3) is 0.364. The molecule has 100 valence electrons. The van der Waals surface area contributed by atoms with Crippen LogP contribution in [0.1, 0.15) is 10.4 Å². The second-order valence-electron chi connectivity index (χ2n) is 3.72. The van der Waals surface area contributed by atoms with Gasteiger partial charge in [-0.25, -0.2) is 13.2 Å². The van der Waals surface area contributed by atoms with E-state index in [1.165, 1.54) is 25.1 Å². The van der Waals surface area contributed by atoms with Gasteiger partial charge in [0.25, 0.3) is 0 Å². The molecule has 0 unspecified atom stereocenters. The Labute approximate surface area is 111 Å². The molecule has 0 fully saturated rings. The maximum absolute atomic E-state index is 11.3. The van der Waals surface area contributed by atoms with E-state index in [-0.39, 0.29) is 5.75 Å². The summed E-state index contributed by atoms with van der Waals surface area (Å²) in [5.41, 5.74) is 6.67. The van der Waals surface area contributed by atoms with Gasteiger partial charge >= 0.3 is 5.97 Å². The fourth-order valence-electron chi connectivity index (χ4n) is 1.21. The molecule has 0 radical (unpaired) electrons. The van der Waals surface area contributed by atoms with Crippen LogP contribution in [-0.2, 0) is 14.6 Å². The summed E-state index contributed by atoms with van der Waals surface area (Å²) < 4.78 is 26.6. The standard InChI is InChI=1S/C11H15NO4S2/c1-16-11(13)8-3-4-9(12)10(7-8)17-5-6-18(2,14)15/h3-4,7H,5-6,12H2,1-2H3. The van der Waals surface area contributed by atoms with Gasteiger partial charge in [0.2, 0.25) is 0 Å². The Balaban J connectivity index is 2.79. The molecule has 0 aliphatic rings. The van der Waals surface area contributed by atoms with Gasteiger partial charge in [-0.05, 0) is 18.2 Å². The molecule has 0 aliphatic carbocycles. The van der Waals surface area contributed by atoms with Crippen molar-refractivity contribution in [3.05, 3.63) is 23.8 Å². The van der Waals surface area contributed by atoms with E-state index in [9.17, 15) is 13.2 Å². The molecule has 18 heavy (non-hydrogen) atoms. The molecular weight excluding hydrogens is 274 g/mol. The van der Waals surface area contributed by atoms with E-state index >= 15 is 0 Å². The van der Waals surface area contributed by atoms with Crippen molar-refractivity contribution in [3.8, 4) is 0 Å². The largest absolute Gasteiger partial charge is 0.465 e. The van der Waals surface area contributed by atoms with Gasteiger partial charge in [-0.3, -0.25) is 0 Å². The lowest BCUT2D eigenvalue weighted by atomic mass is 10.2. The number of carbonyl (C=O) groups excluding carboxylic acids is 1. The maximum atomic E-state index is 11.3. The summed E-state index contributed by atoms with van der Waals surface area (Å²) >= 11 is 1.30. The Bertz CT molecular complexity index is 540. The lowest BCUT2D eigenvalue weighted by Crippen LogP contribution is -2.06. The number of hydrogen-bond acceptors (Lipinski definition) is 6. The summed E-state index contributed by atoms with van der Waals surface area (Å²) in [6.07, 6.45) is 1.18. The Kier molecular flexibility index (Phi) is 5.03. The molecule has 0 atom stereocenters. The molecule has 0 aromatic heterocycles. The molecule has 0 saturated carbocycles. The Hall–Kier alpha value is -1.21. The van der Waals surface area contributed by atoms with Crippen LogP contribution in [0.25, 0.3) is 0 Å². The van der Waals surface area contributed by atoms with Gasteiger partial charge in [0.1, 0.15) is 9.84 Å². The average Bonchev–Trinajstić information content (AvgIpc) is 2.29. The number of rotatable bonds is 5. The Morgan fingerprint density at radius 2 is 2.11 bits per heavy atom. The third kappa shape index (κ3) is 4.58. The van der Waals surface area contributed by atoms with Gasteiger partial charge in [-0.2, -0.15) is 0 Å². The monoisotopic (exact) mass is 289 g/mol. The smallest absolute Gasteiger partial charge is 0.337 e. The topological polar surface area (TPSA) is 86.5 Å². The van der Waals surface area contributed by atoms with Gasteiger partial charge in [0.05, 0.1) is 18.4 Å². The van der Waals surface area contributed by atoms with Crippen molar-refractivity contribution in [2.24, 2.45) is 0 Å². The number of nitrogens with two attached hydrogens (primary N) is 1. The highest BCUT2D eigenvalue weighted by molar-refractivity contribution is 8.00. The van der Waals surface area contributed by atoms with E-state index in [1.807, 2.05) is 0 Å². The molecule has 0 spiro atoms. The second kappa shape index (κ2) is 6.10. The zero-order chi connectivity index (χ0) is 13.8. The van der Waals surface area contributed by atoms with Crippen LogP contribution in [0.5, 0.6) is 0 Å². The van der Waals surface area contributed by atoms with Crippen LogP contribution in [0.4, 0.5) is 5.69 Å². The minimum absolute atomic E-state index is 0.0690. The molecule has 1 rings (SSSR count). The van der Waals surface area contributed by atoms with Crippen molar-refractivity contribution < 1.29 is 17.9 Å². The minimum Gasteiger partial charge on any atom is -0.465 e. The Morgan fingerprint density at radius 1 is 1.44 bits per heavy atom. The van der Waals surface area contributed by atoms with E-state index in [0.29, 0.717) is 21.9 Å². The van der Waals surface area contributed by atoms with Crippen LogP contribution in [0.2, 0.25) is 0 Å². The first-order valence-electron chi connectivity index (χ1n) is 5.12. The van der Waals surface area contributed by atoms with Gasteiger partial charge in [0, 0.05) is 22.6 Å². The summed E-state index contributed by atoms with van der Waals surface area (Å²) in [5, 5.41) is 0. The van der Waals surface area contributed by atoms with Gasteiger partial charge < -0.3 is 10.5 Å². The minimum atomic E-state index is -2.99. The van der Waals surface area contributed by atoms with Crippen LogP contribution in [0.3, 0.4) is 0 Å². The quantitative estimate of drug-likeness (QED) is 0.498. The van der Waals surface area contributed by atoms with E-state index in [2.05, 4.69) is 4.74 Å². The van der Waals surface area contributed by atoms with Gasteiger partial charge in [-0.15, -0.1) is 11.8 Å². The summed E-state index contributed by atoms with van der Waals surface area (Å²) in [6.45, 7) is 0. The van der Waals surface area contributed by atoms with Crippen molar-refractivity contribution in [2.45, 2.75) is 4.90 Å². The van der Waals surface area contributed by atoms with E-state index in [4.69, 9.17) is 5.73 Å². The number of hydrogen-bond donors (Lipinski definition) is 1. The number of sulfone groups is 1. The number of benzene rings is 1. The molecule has 0 saturated heterocycles. The van der Waals surface area contributed by atoms with Crippen LogP contribution >= 0.6 is 11.8 Å². The van der Waals surface area contributed by atoms with Gasteiger partial charge in [0.15, 0.2) is 0 Å². The number of methoxy groups -OCH3 is 1. The molecule has 0 aliphatic heterocycles. The van der Waals surface area contributed by atoms with Gasteiger partial charge in [-0.1, -0.05) is 0 Å². The molecule has 7 heteroatoms. The summed E-state index contributed by atoms with van der Waals surface area (Å²) in [7, 11) is -1.69. The van der Waals surface area contributed by atoms with Crippen molar-refractivity contribution in [3.63, 3.8) is 0 Å². The predicted molar refractivity (Wildman–Crippen MR) is 72.6 cm³/mol. The van der Waals surface area contributed by atoms with Crippen LogP contribution in [0.15, 0.2) is 23.1 Å². The van der Waals surface area contributed by atoms with Crippen LogP contribution in [-0.4, -0.2) is 39.3 Å². The summed E-state index contributed by atoms with van der Waals surface area (Å²) in [5.74, 6) is 0.0210. The first-order chi connectivity index (χ1) is 8.33. The van der Waals surface area contributed by atoms with Crippen molar-refractivity contribution in [1.82, 2.24) is 0 Å². The zero-order valence-electron chi connectivity index (χ0n) is 10.2. The summed E-state index contributed by atoms with van der Waals surface area (Å²) in [4.78, 5) is 12.0. The third-order valence-corrected chi connectivity index (χ3v) is 4.42. The zero-order valence-corrected chi connectivity index (χ0v) is 11.8. The highest BCUT2D eigenvalue weighted by atomic mass is 32.2. The van der Waals surface area contributed by atoms with E-state index in [1.54, 1.807) is 18.2 Å². The molecule has 1 aromatic carbocycles. The third-order valence-electron chi connectivity index (χ3n) is 2.15. The SMILES string of the molecule is COC(=O)c1ccc(N)c(SCCS(C)(=O)=O)c1. The maximum Gasteiger partial charge on any atom is 0.337 e. The highest BCUT2D eigenvalue weighted by Crippen LogP contribution is 2.26. The van der Waals surface area contributed by atoms with Crippen LogP contribution in [0, 0.1) is 0 Å². The van der Waals surface area contributed by atoms with E-state index < -0.39 is 15.8 Å².